The van der Waals surface area contributed by atoms with Gasteiger partial charge in [0.2, 0.25) is 5.76 Å². The molecule has 0 unspecified atom stereocenters. The van der Waals surface area contributed by atoms with Gasteiger partial charge in [0.1, 0.15) is 5.75 Å². The van der Waals surface area contributed by atoms with Gasteiger partial charge in [-0.2, -0.15) is 0 Å². The van der Waals surface area contributed by atoms with Crippen molar-refractivity contribution >= 4 is 11.9 Å². The van der Waals surface area contributed by atoms with Crippen molar-refractivity contribution in [3.63, 3.8) is 0 Å². The van der Waals surface area contributed by atoms with Gasteiger partial charge in [0, 0.05) is 18.2 Å². The number of esters is 1. The fourth-order valence-electron chi connectivity index (χ4n) is 1.78. The van der Waals surface area contributed by atoms with Crippen molar-refractivity contribution in [3.8, 4) is 5.75 Å². The van der Waals surface area contributed by atoms with Crippen molar-refractivity contribution in [2.75, 3.05) is 6.61 Å². The van der Waals surface area contributed by atoms with Crippen molar-refractivity contribution in [2.24, 2.45) is 0 Å². The normalized spacial score (nSPS) is 11.0. The Hall–Kier alpha value is -3.04. The molecule has 0 aliphatic carbocycles. The van der Waals surface area contributed by atoms with E-state index in [1.54, 1.807) is 6.92 Å². The number of hydrogen-bond acceptors (Lipinski definition) is 6. The summed E-state index contributed by atoms with van der Waals surface area (Å²) in [5, 5.41) is 5.82. The summed E-state index contributed by atoms with van der Waals surface area (Å²) in [5.41, 5.74) is 0.586. The zero-order valence-corrected chi connectivity index (χ0v) is 12.9. The number of alkyl halides is 3. The van der Waals surface area contributed by atoms with E-state index >= 15 is 0 Å². The Labute approximate surface area is 139 Å². The van der Waals surface area contributed by atoms with Crippen LogP contribution < -0.4 is 10.1 Å². The van der Waals surface area contributed by atoms with E-state index in [4.69, 9.17) is 4.74 Å². The number of ether oxygens (including phenoxy) is 2. The van der Waals surface area contributed by atoms with Crippen LogP contribution in [0.4, 0.5) is 13.2 Å². The molecule has 0 radical (unpaired) electrons. The number of nitrogens with zero attached hydrogens (tertiary/aromatic N) is 1. The highest BCUT2D eigenvalue weighted by Crippen LogP contribution is 2.26. The molecule has 0 aliphatic heterocycles. The van der Waals surface area contributed by atoms with Gasteiger partial charge in [-0.3, -0.25) is 4.79 Å². The zero-order valence-electron chi connectivity index (χ0n) is 12.9. The molecule has 10 heteroatoms. The van der Waals surface area contributed by atoms with Crippen LogP contribution in [0.15, 0.2) is 34.9 Å². The summed E-state index contributed by atoms with van der Waals surface area (Å²) in [7, 11) is 0. The largest absolute Gasteiger partial charge is 0.573 e. The van der Waals surface area contributed by atoms with Crippen LogP contribution in [0.25, 0.3) is 0 Å². The van der Waals surface area contributed by atoms with Crippen LogP contribution in [0.1, 0.15) is 21.8 Å². The highest BCUT2D eigenvalue weighted by Gasteiger charge is 2.32. The second kappa shape index (κ2) is 7.69. The number of amides is 1. The number of hydrogen-bond donors (Lipinski definition) is 1. The van der Waals surface area contributed by atoms with Crippen LogP contribution >= 0.6 is 0 Å². The second-order valence-electron chi connectivity index (χ2n) is 4.84. The first kappa shape index (κ1) is 18.3. The predicted molar refractivity (Wildman–Crippen MR) is 76.5 cm³/mol. The Morgan fingerprint density at radius 2 is 2.00 bits per heavy atom. The minimum atomic E-state index is -4.84. The minimum Gasteiger partial charge on any atom is -0.450 e. The minimum absolute atomic E-state index is 0.116. The molecule has 0 aliphatic rings. The lowest BCUT2D eigenvalue weighted by Crippen LogP contribution is -2.29. The van der Waals surface area contributed by atoms with E-state index < -0.39 is 30.6 Å². The maximum Gasteiger partial charge on any atom is 0.573 e. The molecule has 134 valence electrons. The number of benzene rings is 1. The topological polar surface area (TPSA) is 90.7 Å². The molecule has 0 atom stereocenters. The molecule has 0 bridgehead atoms. The number of aromatic nitrogens is 1. The smallest absolute Gasteiger partial charge is 0.450 e. The second-order valence-corrected chi connectivity index (χ2v) is 4.84. The van der Waals surface area contributed by atoms with Gasteiger partial charge in [0.15, 0.2) is 6.61 Å². The van der Waals surface area contributed by atoms with Crippen LogP contribution in [-0.2, 0) is 16.1 Å². The number of rotatable bonds is 6. The van der Waals surface area contributed by atoms with Gasteiger partial charge in [-0.05, 0) is 13.0 Å². The van der Waals surface area contributed by atoms with Crippen molar-refractivity contribution in [1.82, 2.24) is 10.5 Å². The van der Waals surface area contributed by atoms with Gasteiger partial charge in [-0.25, -0.2) is 4.79 Å². The maximum absolute atomic E-state index is 12.3. The number of carbonyl (C=O) groups is 2. The van der Waals surface area contributed by atoms with Crippen LogP contribution in [0.5, 0.6) is 5.75 Å². The van der Waals surface area contributed by atoms with E-state index in [2.05, 4.69) is 19.7 Å². The van der Waals surface area contributed by atoms with E-state index in [0.29, 0.717) is 5.69 Å². The molecule has 0 saturated carbocycles. The molecule has 1 heterocycles. The molecule has 2 rings (SSSR count). The van der Waals surface area contributed by atoms with Gasteiger partial charge in [0.25, 0.3) is 5.91 Å². The van der Waals surface area contributed by atoms with E-state index in [0.717, 1.165) is 6.07 Å². The lowest BCUT2D eigenvalue weighted by Gasteiger charge is -2.13. The maximum atomic E-state index is 12.3. The van der Waals surface area contributed by atoms with Crippen molar-refractivity contribution < 1.29 is 36.8 Å². The number of aryl methyl sites for hydroxylation is 1. The first-order valence-corrected chi connectivity index (χ1v) is 6.95. The average Bonchev–Trinajstić information content (AvgIpc) is 2.97. The van der Waals surface area contributed by atoms with Crippen molar-refractivity contribution in [3.05, 3.63) is 47.3 Å². The Balaban J connectivity index is 1.85. The van der Waals surface area contributed by atoms with E-state index in [1.807, 2.05) is 0 Å². The Bertz CT molecular complexity index is 758. The van der Waals surface area contributed by atoms with Gasteiger partial charge < -0.3 is 19.3 Å². The molecular formula is C15H13F3N2O5. The average molecular weight is 358 g/mol. The summed E-state index contributed by atoms with van der Waals surface area (Å²) in [6.07, 6.45) is -4.84. The molecular weight excluding hydrogens is 345 g/mol. The summed E-state index contributed by atoms with van der Waals surface area (Å²) in [6.45, 7) is 0.748. The Morgan fingerprint density at radius 3 is 2.64 bits per heavy atom. The highest BCUT2D eigenvalue weighted by atomic mass is 19.4. The van der Waals surface area contributed by atoms with Gasteiger partial charge in [0.05, 0.1) is 5.69 Å². The molecule has 0 fully saturated rings. The third-order valence-corrected chi connectivity index (χ3v) is 2.84. The van der Waals surface area contributed by atoms with Crippen LogP contribution in [0, 0.1) is 6.92 Å². The first-order valence-electron chi connectivity index (χ1n) is 6.95. The molecule has 0 spiro atoms. The standard InChI is InChI=1S/C15H13F3N2O5/c1-9-6-12(25-20-9)14(22)23-8-13(21)19-7-10-4-2-3-5-11(10)24-15(16,17)18/h2-6H,7-8H2,1H3,(H,19,21). The van der Waals surface area contributed by atoms with E-state index in [9.17, 15) is 22.8 Å². The Kier molecular flexibility index (Phi) is 5.63. The summed E-state index contributed by atoms with van der Waals surface area (Å²) in [6, 6.07) is 6.70. The Morgan fingerprint density at radius 1 is 1.28 bits per heavy atom. The molecule has 1 N–H and O–H groups in total. The fraction of sp³-hybridized carbons (Fsp3) is 0.267. The van der Waals surface area contributed by atoms with Crippen LogP contribution in [-0.4, -0.2) is 30.0 Å². The number of nitrogens with one attached hydrogen (secondary N) is 1. The molecule has 1 amide bonds. The molecule has 25 heavy (non-hydrogen) atoms. The third kappa shape index (κ3) is 5.83. The summed E-state index contributed by atoms with van der Waals surface area (Å²) in [4.78, 5) is 23.2. The zero-order chi connectivity index (χ0) is 18.4. The lowest BCUT2D eigenvalue weighted by atomic mass is 10.2. The van der Waals surface area contributed by atoms with Crippen LogP contribution in [0.2, 0.25) is 0 Å². The van der Waals surface area contributed by atoms with E-state index in [1.165, 1.54) is 24.3 Å². The van der Waals surface area contributed by atoms with Crippen molar-refractivity contribution in [1.29, 1.82) is 0 Å². The first-order chi connectivity index (χ1) is 11.7. The van der Waals surface area contributed by atoms with E-state index in [-0.39, 0.29) is 17.9 Å². The lowest BCUT2D eigenvalue weighted by molar-refractivity contribution is -0.274. The summed E-state index contributed by atoms with van der Waals surface area (Å²) >= 11 is 0. The quantitative estimate of drug-likeness (QED) is 0.797. The fourth-order valence-corrected chi connectivity index (χ4v) is 1.78. The SMILES string of the molecule is Cc1cc(C(=O)OCC(=O)NCc2ccccc2OC(F)(F)F)on1. The monoisotopic (exact) mass is 358 g/mol. The number of para-hydroxylation sites is 1. The van der Waals surface area contributed by atoms with Gasteiger partial charge >= 0.3 is 12.3 Å². The van der Waals surface area contributed by atoms with Gasteiger partial charge in [-0.15, -0.1) is 13.2 Å². The highest BCUT2D eigenvalue weighted by molar-refractivity contribution is 5.88. The molecule has 0 saturated heterocycles. The van der Waals surface area contributed by atoms with Crippen LogP contribution in [0.3, 0.4) is 0 Å². The molecule has 1 aromatic heterocycles. The summed E-state index contributed by atoms with van der Waals surface area (Å²) < 4.78 is 50.2. The van der Waals surface area contributed by atoms with Crippen molar-refractivity contribution in [2.45, 2.75) is 19.8 Å². The van der Waals surface area contributed by atoms with Gasteiger partial charge in [-0.1, -0.05) is 23.4 Å². The molecule has 2 aromatic rings. The summed E-state index contributed by atoms with van der Waals surface area (Å²) in [5.74, 6) is -2.17. The molecule has 7 nitrogen and oxygen atoms in total. The number of carbonyl (C=O) groups excluding carboxylic acids is 2. The third-order valence-electron chi connectivity index (χ3n) is 2.84. The predicted octanol–water partition coefficient (Wildman–Crippen LogP) is 2.35. The molecule has 1 aromatic carbocycles. The number of halogens is 3.